The average molecular weight is 344 g/mol. The second-order valence-electron chi connectivity index (χ2n) is 5.67. The summed E-state index contributed by atoms with van der Waals surface area (Å²) in [6.07, 6.45) is 0. The Kier molecular flexibility index (Phi) is 7.41. The maximum Gasteiger partial charge on any atom is 0.258 e. The molecule has 2 aromatic rings. The average Bonchev–Trinajstić information content (AvgIpc) is 2.65. The molecule has 2 rings (SSSR count). The third-order valence-electron chi connectivity index (χ3n) is 4.13. The highest BCUT2D eigenvalue weighted by atomic mass is 19.1. The SMILES string of the molecule is CCN(CC)C(CNC(=O)COc1ccccc1F)c1ccccc1. The van der Waals surface area contributed by atoms with Crippen molar-refractivity contribution in [3.63, 3.8) is 0 Å². The third kappa shape index (κ3) is 5.57. The van der Waals surface area contributed by atoms with Crippen molar-refractivity contribution in [3.05, 3.63) is 66.0 Å². The second kappa shape index (κ2) is 9.79. The molecule has 1 unspecified atom stereocenters. The van der Waals surface area contributed by atoms with Crippen LogP contribution >= 0.6 is 0 Å². The Morgan fingerprint density at radius 2 is 1.72 bits per heavy atom. The number of carbonyl (C=O) groups excluding carboxylic acids is 1. The van der Waals surface area contributed by atoms with E-state index in [4.69, 9.17) is 4.74 Å². The van der Waals surface area contributed by atoms with E-state index in [1.165, 1.54) is 12.1 Å². The molecule has 0 aromatic heterocycles. The van der Waals surface area contributed by atoms with Crippen molar-refractivity contribution < 1.29 is 13.9 Å². The van der Waals surface area contributed by atoms with E-state index >= 15 is 0 Å². The minimum atomic E-state index is -0.472. The van der Waals surface area contributed by atoms with E-state index in [0.717, 1.165) is 18.7 Å². The molecule has 0 bridgehead atoms. The zero-order valence-corrected chi connectivity index (χ0v) is 14.7. The number of hydrogen-bond donors (Lipinski definition) is 1. The Morgan fingerprint density at radius 3 is 2.36 bits per heavy atom. The molecule has 0 saturated carbocycles. The van der Waals surface area contributed by atoms with Crippen LogP contribution in [0.15, 0.2) is 54.6 Å². The van der Waals surface area contributed by atoms with Gasteiger partial charge in [-0.2, -0.15) is 0 Å². The van der Waals surface area contributed by atoms with E-state index in [2.05, 4.69) is 36.2 Å². The van der Waals surface area contributed by atoms with Crippen molar-refractivity contribution in [2.75, 3.05) is 26.2 Å². The fourth-order valence-electron chi connectivity index (χ4n) is 2.76. The number of para-hydroxylation sites is 1. The van der Waals surface area contributed by atoms with Gasteiger partial charge in [0.1, 0.15) is 0 Å². The van der Waals surface area contributed by atoms with Gasteiger partial charge in [-0.1, -0.05) is 56.3 Å². The lowest BCUT2D eigenvalue weighted by Gasteiger charge is -2.30. The summed E-state index contributed by atoms with van der Waals surface area (Å²) in [6, 6.07) is 16.2. The summed E-state index contributed by atoms with van der Waals surface area (Å²) >= 11 is 0. The van der Waals surface area contributed by atoms with Crippen LogP contribution in [0.1, 0.15) is 25.5 Å². The van der Waals surface area contributed by atoms with Gasteiger partial charge in [0, 0.05) is 6.54 Å². The molecule has 0 aliphatic carbocycles. The van der Waals surface area contributed by atoms with Gasteiger partial charge >= 0.3 is 0 Å². The van der Waals surface area contributed by atoms with E-state index in [0.29, 0.717) is 6.54 Å². The molecule has 0 saturated heterocycles. The van der Waals surface area contributed by atoms with Crippen LogP contribution in [-0.2, 0) is 4.79 Å². The maximum atomic E-state index is 13.5. The van der Waals surface area contributed by atoms with E-state index in [9.17, 15) is 9.18 Å². The molecular formula is C20H25FN2O2. The van der Waals surface area contributed by atoms with Crippen molar-refractivity contribution in [2.24, 2.45) is 0 Å². The predicted octanol–water partition coefficient (Wildman–Crippen LogP) is 3.40. The summed E-state index contributed by atoms with van der Waals surface area (Å²) in [7, 11) is 0. The lowest BCUT2D eigenvalue weighted by molar-refractivity contribution is -0.123. The molecule has 0 fully saturated rings. The highest BCUT2D eigenvalue weighted by Crippen LogP contribution is 2.19. The molecule has 1 atom stereocenters. The van der Waals surface area contributed by atoms with Crippen molar-refractivity contribution in [1.29, 1.82) is 0 Å². The highest BCUT2D eigenvalue weighted by Gasteiger charge is 2.18. The van der Waals surface area contributed by atoms with Crippen LogP contribution < -0.4 is 10.1 Å². The van der Waals surface area contributed by atoms with E-state index < -0.39 is 5.82 Å². The van der Waals surface area contributed by atoms with Crippen LogP contribution in [-0.4, -0.2) is 37.0 Å². The van der Waals surface area contributed by atoms with Gasteiger partial charge in [-0.05, 0) is 30.8 Å². The molecule has 4 nitrogen and oxygen atoms in total. The minimum Gasteiger partial charge on any atom is -0.481 e. The van der Waals surface area contributed by atoms with Gasteiger partial charge in [0.05, 0.1) is 6.04 Å². The first kappa shape index (κ1) is 18.9. The Labute approximate surface area is 148 Å². The van der Waals surface area contributed by atoms with Crippen molar-refractivity contribution >= 4 is 5.91 Å². The minimum absolute atomic E-state index is 0.0843. The van der Waals surface area contributed by atoms with Crippen LogP contribution in [0.2, 0.25) is 0 Å². The lowest BCUT2D eigenvalue weighted by Crippen LogP contribution is -2.39. The summed E-state index contributed by atoms with van der Waals surface area (Å²) in [5.74, 6) is -0.655. The van der Waals surface area contributed by atoms with Gasteiger partial charge in [0.2, 0.25) is 0 Å². The van der Waals surface area contributed by atoms with Gasteiger partial charge < -0.3 is 10.1 Å². The number of nitrogens with one attached hydrogen (secondary N) is 1. The number of benzene rings is 2. The first-order valence-corrected chi connectivity index (χ1v) is 8.58. The number of carbonyl (C=O) groups is 1. The molecule has 0 aliphatic heterocycles. The summed E-state index contributed by atoms with van der Waals surface area (Å²) in [5, 5.41) is 2.89. The summed E-state index contributed by atoms with van der Waals surface area (Å²) in [5.41, 5.74) is 1.15. The topological polar surface area (TPSA) is 41.6 Å². The summed E-state index contributed by atoms with van der Waals surface area (Å²) < 4.78 is 18.8. The second-order valence-corrected chi connectivity index (χ2v) is 5.67. The monoisotopic (exact) mass is 344 g/mol. The van der Waals surface area contributed by atoms with Crippen LogP contribution in [0.3, 0.4) is 0 Å². The smallest absolute Gasteiger partial charge is 0.258 e. The Bertz CT molecular complexity index is 660. The number of amides is 1. The predicted molar refractivity (Wildman–Crippen MR) is 97.0 cm³/mol. The number of halogens is 1. The number of nitrogens with zero attached hydrogens (tertiary/aromatic N) is 1. The number of likely N-dealkylation sites (N-methyl/N-ethyl adjacent to an activating group) is 1. The Morgan fingerprint density at radius 1 is 1.08 bits per heavy atom. The molecule has 0 radical (unpaired) electrons. The van der Waals surface area contributed by atoms with E-state index in [-0.39, 0.29) is 24.3 Å². The molecule has 2 aromatic carbocycles. The number of hydrogen-bond acceptors (Lipinski definition) is 3. The van der Waals surface area contributed by atoms with E-state index in [1.807, 2.05) is 18.2 Å². The Balaban J connectivity index is 1.93. The molecule has 0 aliphatic rings. The molecule has 0 heterocycles. The quantitative estimate of drug-likeness (QED) is 0.758. The molecule has 1 N–H and O–H groups in total. The molecule has 0 spiro atoms. The first-order chi connectivity index (χ1) is 12.2. The van der Waals surface area contributed by atoms with Crippen molar-refractivity contribution in [1.82, 2.24) is 10.2 Å². The normalized spacial score (nSPS) is 12.0. The molecule has 25 heavy (non-hydrogen) atoms. The first-order valence-electron chi connectivity index (χ1n) is 8.58. The molecule has 134 valence electrons. The third-order valence-corrected chi connectivity index (χ3v) is 4.13. The van der Waals surface area contributed by atoms with Gasteiger partial charge in [0.25, 0.3) is 5.91 Å². The molecular weight excluding hydrogens is 319 g/mol. The standard InChI is InChI=1S/C20H25FN2O2/c1-3-23(4-2)18(16-10-6-5-7-11-16)14-22-20(24)15-25-19-13-9-8-12-17(19)21/h5-13,18H,3-4,14-15H2,1-2H3,(H,22,24). The lowest BCUT2D eigenvalue weighted by atomic mass is 10.1. The fraction of sp³-hybridized carbons (Fsp3) is 0.350. The van der Waals surface area contributed by atoms with Crippen molar-refractivity contribution in [2.45, 2.75) is 19.9 Å². The molecule has 5 heteroatoms. The van der Waals surface area contributed by atoms with E-state index in [1.54, 1.807) is 12.1 Å². The van der Waals surface area contributed by atoms with Crippen LogP contribution in [0.5, 0.6) is 5.75 Å². The number of rotatable bonds is 9. The largest absolute Gasteiger partial charge is 0.481 e. The fourth-order valence-corrected chi connectivity index (χ4v) is 2.76. The summed E-state index contributed by atoms with van der Waals surface area (Å²) in [6.45, 7) is 6.24. The molecule has 1 amide bonds. The van der Waals surface area contributed by atoms with Crippen LogP contribution in [0, 0.1) is 5.82 Å². The maximum absolute atomic E-state index is 13.5. The number of ether oxygens (including phenoxy) is 1. The van der Waals surface area contributed by atoms with Crippen molar-refractivity contribution in [3.8, 4) is 5.75 Å². The van der Waals surface area contributed by atoms with Crippen LogP contribution in [0.4, 0.5) is 4.39 Å². The zero-order chi connectivity index (χ0) is 18.1. The highest BCUT2D eigenvalue weighted by molar-refractivity contribution is 5.77. The van der Waals surface area contributed by atoms with Gasteiger partial charge in [-0.3, -0.25) is 9.69 Å². The zero-order valence-electron chi connectivity index (χ0n) is 14.7. The van der Waals surface area contributed by atoms with Gasteiger partial charge in [-0.25, -0.2) is 4.39 Å². The van der Waals surface area contributed by atoms with Gasteiger partial charge in [0.15, 0.2) is 18.2 Å². The summed E-state index contributed by atoms with van der Waals surface area (Å²) in [4.78, 5) is 14.4. The Hall–Kier alpha value is -2.40. The van der Waals surface area contributed by atoms with Crippen LogP contribution in [0.25, 0.3) is 0 Å². The van der Waals surface area contributed by atoms with Gasteiger partial charge in [-0.15, -0.1) is 0 Å².